The minimum Gasteiger partial charge on any atom is -0.493 e. The van der Waals surface area contributed by atoms with E-state index < -0.39 is 0 Å². The van der Waals surface area contributed by atoms with E-state index in [0.29, 0.717) is 23.6 Å². The molecule has 0 bridgehead atoms. The lowest BCUT2D eigenvalue weighted by atomic mass is 10.1. The van der Waals surface area contributed by atoms with Crippen molar-refractivity contribution in [2.45, 2.75) is 18.3 Å². The molecule has 0 spiro atoms. The second-order valence-electron chi connectivity index (χ2n) is 5.94. The molecule has 0 fully saturated rings. The highest BCUT2D eigenvalue weighted by Gasteiger charge is 2.12. The molecule has 1 aromatic heterocycles. The van der Waals surface area contributed by atoms with E-state index >= 15 is 0 Å². The van der Waals surface area contributed by atoms with Crippen LogP contribution in [-0.2, 0) is 20.2 Å². The Balaban J connectivity index is 1.57. The molecule has 1 N–H and O–H groups in total. The molecule has 7 nitrogen and oxygen atoms in total. The Kier molecular flexibility index (Phi) is 7.21. The van der Waals surface area contributed by atoms with Crippen LogP contribution < -0.4 is 14.8 Å². The molecule has 0 aliphatic heterocycles. The van der Waals surface area contributed by atoms with Crippen LogP contribution in [0.4, 0.5) is 4.39 Å². The van der Waals surface area contributed by atoms with E-state index in [2.05, 4.69) is 20.8 Å². The molecule has 1 heterocycles. The van der Waals surface area contributed by atoms with Crippen molar-refractivity contribution in [2.75, 3.05) is 19.4 Å². The number of methoxy groups -OCH3 is 1. The smallest absolute Gasteiger partial charge is 0.209 e. The molecule has 0 aliphatic carbocycles. The van der Waals surface area contributed by atoms with Crippen molar-refractivity contribution in [3.05, 3.63) is 59.4 Å². The number of para-hydroxylation sites is 1. The third kappa shape index (κ3) is 5.20. The molecule has 0 saturated heterocycles. The van der Waals surface area contributed by atoms with E-state index in [9.17, 15) is 4.39 Å². The molecule has 3 aromatic rings. The van der Waals surface area contributed by atoms with Gasteiger partial charge in [-0.2, -0.15) is 0 Å². The Labute approximate surface area is 167 Å². The van der Waals surface area contributed by atoms with Crippen molar-refractivity contribution in [3.8, 4) is 11.5 Å². The van der Waals surface area contributed by atoms with Gasteiger partial charge in [0.15, 0.2) is 11.5 Å². The van der Waals surface area contributed by atoms with Crippen molar-refractivity contribution in [1.29, 1.82) is 0 Å². The van der Waals surface area contributed by atoms with Crippen LogP contribution in [-0.4, -0.2) is 39.6 Å². The Morgan fingerprint density at radius 1 is 1.14 bits per heavy atom. The summed E-state index contributed by atoms with van der Waals surface area (Å²) in [7, 11) is 3.40. The van der Waals surface area contributed by atoms with Crippen LogP contribution in [0.15, 0.2) is 47.6 Å². The van der Waals surface area contributed by atoms with Crippen molar-refractivity contribution in [3.63, 3.8) is 0 Å². The number of benzene rings is 2. The number of tetrazole rings is 1. The Morgan fingerprint density at radius 2 is 1.96 bits per heavy atom. The maximum absolute atomic E-state index is 13.9. The van der Waals surface area contributed by atoms with E-state index in [1.807, 2.05) is 25.2 Å². The number of nitrogens with zero attached hydrogens (tertiary/aromatic N) is 4. The van der Waals surface area contributed by atoms with Crippen LogP contribution >= 0.6 is 11.8 Å². The lowest BCUT2D eigenvalue weighted by molar-refractivity contribution is 0.276. The van der Waals surface area contributed by atoms with Gasteiger partial charge < -0.3 is 14.8 Å². The van der Waals surface area contributed by atoms with E-state index in [0.717, 1.165) is 23.0 Å². The fourth-order valence-corrected chi connectivity index (χ4v) is 3.32. The first-order valence-corrected chi connectivity index (χ1v) is 9.75. The zero-order valence-electron chi connectivity index (χ0n) is 15.8. The fourth-order valence-electron chi connectivity index (χ4n) is 2.57. The highest BCUT2D eigenvalue weighted by Crippen LogP contribution is 2.32. The number of hydrogen-bond acceptors (Lipinski definition) is 7. The number of rotatable bonds is 10. The number of aromatic nitrogens is 4. The molecule has 3 rings (SSSR count). The molecule has 9 heteroatoms. The van der Waals surface area contributed by atoms with Gasteiger partial charge in [-0.15, -0.1) is 5.10 Å². The summed E-state index contributed by atoms with van der Waals surface area (Å²) in [6.45, 7) is 1.50. The maximum atomic E-state index is 13.9. The minimum absolute atomic E-state index is 0.134. The van der Waals surface area contributed by atoms with E-state index in [-0.39, 0.29) is 12.4 Å². The Hall–Kier alpha value is -2.65. The zero-order valence-corrected chi connectivity index (χ0v) is 16.6. The van der Waals surface area contributed by atoms with Gasteiger partial charge in [0.1, 0.15) is 12.4 Å². The van der Waals surface area contributed by atoms with Gasteiger partial charge in [-0.25, -0.2) is 9.07 Å². The van der Waals surface area contributed by atoms with Crippen LogP contribution in [0.5, 0.6) is 11.5 Å². The zero-order chi connectivity index (χ0) is 19.8. The average molecular weight is 403 g/mol. The average Bonchev–Trinajstić information content (AvgIpc) is 3.12. The quantitative estimate of drug-likeness (QED) is 0.412. The van der Waals surface area contributed by atoms with E-state index in [1.165, 1.54) is 6.07 Å². The Bertz CT molecular complexity index is 906. The largest absolute Gasteiger partial charge is 0.493 e. The van der Waals surface area contributed by atoms with E-state index in [1.54, 1.807) is 41.8 Å². The van der Waals surface area contributed by atoms with Gasteiger partial charge in [0.05, 0.1) is 7.11 Å². The van der Waals surface area contributed by atoms with Gasteiger partial charge in [0.25, 0.3) is 0 Å². The standard InChI is InChI=1S/C19H22FN5O2S/c1-25-19(22-23-24-25)28-11-10-21-12-14-7-5-9-17(26-2)18(14)27-13-15-6-3-4-8-16(15)20/h3-9,21H,10-13H2,1-2H3. The monoisotopic (exact) mass is 403 g/mol. The lowest BCUT2D eigenvalue weighted by Crippen LogP contribution is -2.17. The topological polar surface area (TPSA) is 74.1 Å². The normalized spacial score (nSPS) is 10.8. The summed E-state index contributed by atoms with van der Waals surface area (Å²) in [4.78, 5) is 0. The molecule has 0 aliphatic rings. The predicted octanol–water partition coefficient (Wildman–Crippen LogP) is 2.82. The number of thioether (sulfide) groups is 1. The summed E-state index contributed by atoms with van der Waals surface area (Å²) in [5.41, 5.74) is 1.45. The Morgan fingerprint density at radius 3 is 2.71 bits per heavy atom. The van der Waals surface area contributed by atoms with Crippen molar-refractivity contribution >= 4 is 11.8 Å². The molecule has 2 aromatic carbocycles. The van der Waals surface area contributed by atoms with Crippen LogP contribution in [0, 0.1) is 5.82 Å². The van der Waals surface area contributed by atoms with Gasteiger partial charge in [-0.1, -0.05) is 42.1 Å². The number of hydrogen-bond donors (Lipinski definition) is 1. The summed E-state index contributed by atoms with van der Waals surface area (Å²) >= 11 is 1.58. The maximum Gasteiger partial charge on any atom is 0.209 e. The number of nitrogens with one attached hydrogen (secondary N) is 1. The van der Waals surface area contributed by atoms with Crippen LogP contribution in [0.2, 0.25) is 0 Å². The molecular weight excluding hydrogens is 381 g/mol. The highest BCUT2D eigenvalue weighted by atomic mass is 32.2. The molecule has 0 unspecified atom stereocenters. The summed E-state index contributed by atoms with van der Waals surface area (Å²) in [5, 5.41) is 15.5. The lowest BCUT2D eigenvalue weighted by Gasteiger charge is -2.16. The first kappa shape index (κ1) is 20.1. The SMILES string of the molecule is COc1cccc(CNCCSc2nnnn2C)c1OCc1ccccc1F. The third-order valence-corrected chi connectivity index (χ3v) is 5.03. The second kappa shape index (κ2) is 10.0. The minimum atomic E-state index is -0.285. The third-order valence-electron chi connectivity index (χ3n) is 4.02. The molecule has 28 heavy (non-hydrogen) atoms. The molecule has 0 amide bonds. The molecule has 0 saturated carbocycles. The van der Waals surface area contributed by atoms with Gasteiger partial charge in [0.2, 0.25) is 5.16 Å². The van der Waals surface area contributed by atoms with Gasteiger partial charge in [0, 0.05) is 37.0 Å². The van der Waals surface area contributed by atoms with Crippen LogP contribution in [0.1, 0.15) is 11.1 Å². The van der Waals surface area contributed by atoms with Crippen molar-refractivity contribution in [2.24, 2.45) is 7.05 Å². The van der Waals surface area contributed by atoms with Crippen molar-refractivity contribution in [1.82, 2.24) is 25.5 Å². The second-order valence-corrected chi connectivity index (χ2v) is 7.00. The van der Waals surface area contributed by atoms with Crippen LogP contribution in [0.3, 0.4) is 0 Å². The predicted molar refractivity (Wildman–Crippen MR) is 105 cm³/mol. The van der Waals surface area contributed by atoms with Crippen LogP contribution in [0.25, 0.3) is 0 Å². The van der Waals surface area contributed by atoms with Crippen molar-refractivity contribution < 1.29 is 13.9 Å². The summed E-state index contributed by atoms with van der Waals surface area (Å²) in [6.07, 6.45) is 0. The highest BCUT2D eigenvalue weighted by molar-refractivity contribution is 7.99. The van der Waals surface area contributed by atoms with E-state index in [4.69, 9.17) is 9.47 Å². The molecular formula is C19H22FN5O2S. The molecule has 0 atom stereocenters. The summed E-state index contributed by atoms with van der Waals surface area (Å²) in [6, 6.07) is 12.3. The number of halogens is 1. The molecule has 148 valence electrons. The summed E-state index contributed by atoms with van der Waals surface area (Å²) in [5.74, 6) is 1.78. The van der Waals surface area contributed by atoms with Gasteiger partial charge >= 0.3 is 0 Å². The number of aryl methyl sites for hydroxylation is 1. The first-order valence-electron chi connectivity index (χ1n) is 8.77. The number of ether oxygens (including phenoxy) is 2. The molecule has 0 radical (unpaired) electrons. The fraction of sp³-hybridized carbons (Fsp3) is 0.316. The van der Waals surface area contributed by atoms with Gasteiger partial charge in [-0.05, 0) is 22.6 Å². The first-order chi connectivity index (χ1) is 13.7. The van der Waals surface area contributed by atoms with Gasteiger partial charge in [-0.3, -0.25) is 0 Å². The summed E-state index contributed by atoms with van der Waals surface area (Å²) < 4.78 is 26.8.